The number of ether oxygens (including phenoxy) is 2. The number of methoxy groups -OCH3 is 1. The summed E-state index contributed by atoms with van der Waals surface area (Å²) in [6, 6.07) is 13.8. The van der Waals surface area contributed by atoms with Gasteiger partial charge in [0.2, 0.25) is 5.91 Å². The zero-order valence-electron chi connectivity index (χ0n) is 18.7. The number of rotatable bonds is 2. The van der Waals surface area contributed by atoms with Crippen molar-refractivity contribution < 1.29 is 24.2 Å². The van der Waals surface area contributed by atoms with Crippen LogP contribution in [0.1, 0.15) is 33.8 Å². The van der Waals surface area contributed by atoms with Gasteiger partial charge in [-0.3, -0.25) is 14.6 Å². The van der Waals surface area contributed by atoms with Gasteiger partial charge in [0.05, 0.1) is 13.2 Å². The van der Waals surface area contributed by atoms with Crippen molar-refractivity contribution in [3.05, 3.63) is 77.6 Å². The molecule has 0 saturated carbocycles. The van der Waals surface area contributed by atoms with Gasteiger partial charge in [-0.25, -0.2) is 0 Å². The van der Waals surface area contributed by atoms with E-state index < -0.39 is 0 Å². The number of fused-ring (bicyclic) bond motifs is 6. The van der Waals surface area contributed by atoms with Crippen molar-refractivity contribution in [1.82, 2.24) is 15.2 Å². The molecule has 2 aliphatic heterocycles. The molecule has 5 rings (SSSR count). The molecule has 4 bridgehead atoms. The van der Waals surface area contributed by atoms with E-state index in [1.807, 2.05) is 12.1 Å². The van der Waals surface area contributed by atoms with Gasteiger partial charge < -0.3 is 24.8 Å². The first kappa shape index (κ1) is 21.8. The number of carbonyl (C=O) groups is 2. The molecule has 3 heterocycles. The number of aromatic hydroxyl groups is 1. The third-order valence-corrected chi connectivity index (χ3v) is 6.38. The van der Waals surface area contributed by atoms with Gasteiger partial charge in [0, 0.05) is 43.4 Å². The Bertz CT molecular complexity index is 1230. The molecule has 3 aromatic rings. The van der Waals surface area contributed by atoms with E-state index in [1.165, 1.54) is 0 Å². The SMILES string of the molecule is COc1ccc2cc1Oc1cc(ccc1O)CCC(=O)N[C@@H]1CN(C(=O)c3ccncc3)C[C@@H]21. The summed E-state index contributed by atoms with van der Waals surface area (Å²) in [5, 5.41) is 13.5. The van der Waals surface area contributed by atoms with Crippen LogP contribution in [-0.4, -0.2) is 53.0 Å². The van der Waals surface area contributed by atoms with Crippen LogP contribution in [0.15, 0.2) is 60.9 Å². The van der Waals surface area contributed by atoms with E-state index in [-0.39, 0.29) is 35.9 Å². The second kappa shape index (κ2) is 9.05. The Balaban J connectivity index is 1.53. The molecule has 8 heteroatoms. The zero-order valence-corrected chi connectivity index (χ0v) is 18.7. The van der Waals surface area contributed by atoms with Crippen LogP contribution >= 0.6 is 0 Å². The molecule has 34 heavy (non-hydrogen) atoms. The molecule has 1 fully saturated rings. The number of nitrogens with one attached hydrogen (secondary N) is 1. The number of phenols is 1. The first-order valence-corrected chi connectivity index (χ1v) is 11.2. The highest BCUT2D eigenvalue weighted by Crippen LogP contribution is 2.40. The minimum atomic E-state index is -0.253. The van der Waals surface area contributed by atoms with E-state index in [0.717, 1.165) is 11.1 Å². The Hall–Kier alpha value is -4.07. The molecule has 2 aromatic carbocycles. The van der Waals surface area contributed by atoms with E-state index in [9.17, 15) is 14.7 Å². The number of benzene rings is 2. The number of carbonyl (C=O) groups excluding carboxylic acids is 2. The topological polar surface area (TPSA) is 101 Å². The summed E-state index contributed by atoms with van der Waals surface area (Å²) in [5.74, 6) is 0.947. The van der Waals surface area contributed by atoms with Crippen molar-refractivity contribution in [3.8, 4) is 23.0 Å². The standard InChI is InChI=1S/C26H25N3O5/c1-33-22-6-4-18-13-24(22)34-23-12-16(2-5-21(23)30)3-7-25(31)28-20-15-29(14-19(18)20)26(32)17-8-10-27-11-9-17/h2,4-6,8-13,19-20,30H,3,7,14-15H2,1H3,(H,28,31)/t19-,20+/m0/s1. The third-order valence-electron chi connectivity index (χ3n) is 6.38. The van der Waals surface area contributed by atoms with Gasteiger partial charge in [-0.15, -0.1) is 0 Å². The molecular formula is C26H25N3O5. The molecule has 2 atom stereocenters. The maximum absolute atomic E-state index is 13.1. The number of hydrogen-bond donors (Lipinski definition) is 2. The average molecular weight is 460 g/mol. The largest absolute Gasteiger partial charge is 0.504 e. The summed E-state index contributed by atoms with van der Waals surface area (Å²) in [7, 11) is 1.56. The van der Waals surface area contributed by atoms with Crippen molar-refractivity contribution in [1.29, 1.82) is 0 Å². The highest BCUT2D eigenvalue weighted by atomic mass is 16.5. The molecule has 2 N–H and O–H groups in total. The predicted octanol–water partition coefficient (Wildman–Crippen LogP) is 3.26. The zero-order chi connectivity index (χ0) is 23.7. The summed E-state index contributed by atoms with van der Waals surface area (Å²) in [4.78, 5) is 31.7. The normalized spacial score (nSPS) is 19.6. The molecule has 0 aliphatic carbocycles. The molecule has 1 aromatic heterocycles. The summed E-state index contributed by atoms with van der Waals surface area (Å²) in [6.45, 7) is 0.838. The fraction of sp³-hybridized carbons (Fsp3) is 0.269. The maximum atomic E-state index is 13.1. The lowest BCUT2D eigenvalue weighted by molar-refractivity contribution is -0.121. The molecular weight excluding hydrogens is 434 g/mol. The van der Waals surface area contributed by atoms with Crippen LogP contribution in [0.25, 0.3) is 0 Å². The number of likely N-dealkylation sites (tertiary alicyclic amines) is 1. The van der Waals surface area contributed by atoms with Gasteiger partial charge >= 0.3 is 0 Å². The van der Waals surface area contributed by atoms with Crippen LogP contribution in [0.4, 0.5) is 0 Å². The van der Waals surface area contributed by atoms with Crippen LogP contribution in [0, 0.1) is 0 Å². The second-order valence-corrected chi connectivity index (χ2v) is 8.54. The van der Waals surface area contributed by atoms with E-state index in [0.29, 0.717) is 42.3 Å². The number of phenolic OH excluding ortho intramolecular Hbond substituents is 1. The summed E-state index contributed by atoms with van der Waals surface area (Å²) in [5.41, 5.74) is 2.33. The fourth-order valence-electron chi connectivity index (χ4n) is 4.59. The van der Waals surface area contributed by atoms with Crippen molar-refractivity contribution >= 4 is 11.8 Å². The molecule has 174 valence electrons. The number of amides is 2. The van der Waals surface area contributed by atoms with Crippen LogP contribution in [0.2, 0.25) is 0 Å². The average Bonchev–Trinajstić information content (AvgIpc) is 3.27. The monoisotopic (exact) mass is 459 g/mol. The van der Waals surface area contributed by atoms with Crippen molar-refractivity contribution in [2.75, 3.05) is 20.2 Å². The summed E-state index contributed by atoms with van der Waals surface area (Å²) in [6.07, 6.45) is 3.96. The van der Waals surface area contributed by atoms with Crippen LogP contribution in [0.5, 0.6) is 23.0 Å². The molecule has 0 radical (unpaired) electrons. The second-order valence-electron chi connectivity index (χ2n) is 8.54. The van der Waals surface area contributed by atoms with Gasteiger partial charge in [-0.05, 0) is 53.9 Å². The van der Waals surface area contributed by atoms with E-state index in [1.54, 1.807) is 60.8 Å². The Morgan fingerprint density at radius 3 is 2.71 bits per heavy atom. The van der Waals surface area contributed by atoms with Crippen LogP contribution < -0.4 is 14.8 Å². The Morgan fingerprint density at radius 2 is 1.91 bits per heavy atom. The number of pyridine rings is 1. The Morgan fingerprint density at radius 1 is 1.09 bits per heavy atom. The number of nitrogens with zero attached hydrogens (tertiary/aromatic N) is 2. The van der Waals surface area contributed by atoms with Gasteiger partial charge in [0.25, 0.3) is 5.91 Å². The van der Waals surface area contributed by atoms with Gasteiger partial charge in [0.15, 0.2) is 23.0 Å². The maximum Gasteiger partial charge on any atom is 0.254 e. The van der Waals surface area contributed by atoms with Gasteiger partial charge in [-0.1, -0.05) is 12.1 Å². The Labute approximate surface area is 197 Å². The molecule has 2 aliphatic rings. The lowest BCUT2D eigenvalue weighted by Crippen LogP contribution is -2.40. The van der Waals surface area contributed by atoms with E-state index >= 15 is 0 Å². The van der Waals surface area contributed by atoms with E-state index in [4.69, 9.17) is 9.47 Å². The molecule has 2 amide bonds. The quantitative estimate of drug-likeness (QED) is 0.610. The fourth-order valence-corrected chi connectivity index (χ4v) is 4.59. The molecule has 8 nitrogen and oxygen atoms in total. The lowest BCUT2D eigenvalue weighted by Gasteiger charge is -2.21. The summed E-state index contributed by atoms with van der Waals surface area (Å²) < 4.78 is 11.6. The van der Waals surface area contributed by atoms with Crippen molar-refractivity contribution in [2.24, 2.45) is 0 Å². The van der Waals surface area contributed by atoms with Crippen LogP contribution in [0.3, 0.4) is 0 Å². The van der Waals surface area contributed by atoms with Crippen LogP contribution in [-0.2, 0) is 11.2 Å². The minimum absolute atomic E-state index is 0.00314. The highest BCUT2D eigenvalue weighted by Gasteiger charge is 2.38. The number of aryl methyl sites for hydroxylation is 1. The molecule has 0 unspecified atom stereocenters. The summed E-state index contributed by atoms with van der Waals surface area (Å²) >= 11 is 0. The van der Waals surface area contributed by atoms with Gasteiger partial charge in [0.1, 0.15) is 0 Å². The lowest BCUT2D eigenvalue weighted by atomic mass is 9.93. The third kappa shape index (κ3) is 4.26. The van der Waals surface area contributed by atoms with Gasteiger partial charge in [-0.2, -0.15) is 0 Å². The number of hydrogen-bond acceptors (Lipinski definition) is 6. The molecule has 1 saturated heterocycles. The Kier molecular flexibility index (Phi) is 5.79. The minimum Gasteiger partial charge on any atom is -0.504 e. The first-order valence-electron chi connectivity index (χ1n) is 11.2. The van der Waals surface area contributed by atoms with Crippen molar-refractivity contribution in [2.45, 2.75) is 24.8 Å². The highest BCUT2D eigenvalue weighted by molar-refractivity contribution is 5.94. The smallest absolute Gasteiger partial charge is 0.254 e. The number of aromatic nitrogens is 1. The van der Waals surface area contributed by atoms with Crippen molar-refractivity contribution in [3.63, 3.8) is 0 Å². The molecule has 0 spiro atoms. The van der Waals surface area contributed by atoms with E-state index in [2.05, 4.69) is 10.3 Å². The predicted molar refractivity (Wildman–Crippen MR) is 124 cm³/mol. The first-order chi connectivity index (χ1) is 16.5.